The average molecular weight is 329 g/mol. The van der Waals surface area contributed by atoms with Crippen molar-refractivity contribution < 1.29 is 8.42 Å². The fraction of sp³-hybridized carbons (Fsp3) is 0.385. The Hall–Kier alpha value is -1.44. The molecule has 0 radical (unpaired) electrons. The van der Waals surface area contributed by atoms with E-state index in [9.17, 15) is 8.42 Å². The molecule has 0 fully saturated rings. The van der Waals surface area contributed by atoms with Gasteiger partial charge < -0.3 is 0 Å². The quantitative estimate of drug-likeness (QED) is 0.879. The molecule has 114 valence electrons. The Morgan fingerprint density at radius 1 is 1.29 bits per heavy atom. The van der Waals surface area contributed by atoms with Crippen LogP contribution in [-0.2, 0) is 16.6 Å². The third kappa shape index (κ3) is 4.26. The molecule has 0 saturated carbocycles. The summed E-state index contributed by atoms with van der Waals surface area (Å²) in [6.45, 7) is 4.24. The van der Waals surface area contributed by atoms with Crippen molar-refractivity contribution in [2.45, 2.75) is 31.3 Å². The fourth-order valence-corrected chi connectivity index (χ4v) is 3.48. The van der Waals surface area contributed by atoms with Gasteiger partial charge in [0.2, 0.25) is 10.0 Å². The van der Waals surface area contributed by atoms with Gasteiger partial charge in [0, 0.05) is 11.1 Å². The highest BCUT2D eigenvalue weighted by molar-refractivity contribution is 7.89. The summed E-state index contributed by atoms with van der Waals surface area (Å²) in [7, 11) is -3.63. The molecule has 0 spiro atoms. The number of nitrogens with one attached hydrogen (secondary N) is 1. The third-order valence-corrected chi connectivity index (χ3v) is 4.77. The third-order valence-electron chi connectivity index (χ3n) is 3.04. The lowest BCUT2D eigenvalue weighted by molar-refractivity contribution is 0.361. The summed E-state index contributed by atoms with van der Waals surface area (Å²) in [4.78, 5) is 1.61. The van der Waals surface area contributed by atoms with Gasteiger partial charge >= 0.3 is 0 Å². The minimum absolute atomic E-state index is 0.0879. The van der Waals surface area contributed by atoms with Gasteiger partial charge in [-0.15, -0.1) is 0 Å². The van der Waals surface area contributed by atoms with Crippen LogP contribution in [0.15, 0.2) is 41.6 Å². The first-order valence-electron chi connectivity index (χ1n) is 6.50. The minimum atomic E-state index is -3.63. The van der Waals surface area contributed by atoms with Crippen LogP contribution >= 0.6 is 11.6 Å². The van der Waals surface area contributed by atoms with E-state index in [-0.39, 0.29) is 16.9 Å². The molecule has 1 aromatic carbocycles. The Labute approximate surface area is 129 Å². The molecule has 0 aliphatic rings. The second kappa shape index (κ2) is 6.55. The topological polar surface area (TPSA) is 76.9 Å². The van der Waals surface area contributed by atoms with Crippen LogP contribution < -0.4 is 4.72 Å². The number of aromatic nitrogens is 3. The monoisotopic (exact) mass is 328 g/mol. The number of hydrogen-bond donors (Lipinski definition) is 1. The molecule has 1 unspecified atom stereocenters. The molecule has 1 atom stereocenters. The van der Waals surface area contributed by atoms with E-state index in [1.165, 1.54) is 16.9 Å². The minimum Gasteiger partial charge on any atom is -0.207 e. The van der Waals surface area contributed by atoms with Crippen molar-refractivity contribution in [3.8, 4) is 0 Å². The first-order valence-corrected chi connectivity index (χ1v) is 8.36. The lowest BCUT2D eigenvalue weighted by Crippen LogP contribution is -2.41. The van der Waals surface area contributed by atoms with E-state index in [0.717, 1.165) is 0 Å². The van der Waals surface area contributed by atoms with E-state index in [2.05, 4.69) is 14.9 Å². The molecule has 0 aliphatic carbocycles. The maximum atomic E-state index is 12.4. The number of benzene rings is 1. The first-order chi connectivity index (χ1) is 9.88. The van der Waals surface area contributed by atoms with Crippen LogP contribution in [0.4, 0.5) is 0 Å². The maximum Gasteiger partial charge on any atom is 0.240 e. The molecule has 8 heteroatoms. The normalized spacial score (nSPS) is 13.5. The predicted octanol–water partition coefficient (Wildman–Crippen LogP) is 1.93. The fourth-order valence-electron chi connectivity index (χ4n) is 1.80. The Balaban J connectivity index is 2.19. The summed E-state index contributed by atoms with van der Waals surface area (Å²) in [6.07, 6.45) is 3.12. The zero-order valence-corrected chi connectivity index (χ0v) is 13.3. The maximum absolute atomic E-state index is 12.4. The molecule has 1 heterocycles. The van der Waals surface area contributed by atoms with Crippen molar-refractivity contribution >= 4 is 21.6 Å². The zero-order chi connectivity index (χ0) is 15.5. The van der Waals surface area contributed by atoms with Crippen LogP contribution in [0.3, 0.4) is 0 Å². The van der Waals surface area contributed by atoms with Gasteiger partial charge in [-0.05, 0) is 24.1 Å². The van der Waals surface area contributed by atoms with Gasteiger partial charge in [0.05, 0.1) is 23.8 Å². The van der Waals surface area contributed by atoms with Gasteiger partial charge in [0.15, 0.2) is 0 Å². The zero-order valence-electron chi connectivity index (χ0n) is 11.8. The van der Waals surface area contributed by atoms with Gasteiger partial charge in [-0.25, -0.2) is 13.1 Å². The van der Waals surface area contributed by atoms with Crippen LogP contribution in [0.5, 0.6) is 0 Å². The van der Waals surface area contributed by atoms with Crippen molar-refractivity contribution in [3.63, 3.8) is 0 Å². The number of sulfonamides is 1. The van der Waals surface area contributed by atoms with Gasteiger partial charge in [-0.3, -0.25) is 0 Å². The molecule has 0 bridgehead atoms. The van der Waals surface area contributed by atoms with E-state index in [1.807, 2.05) is 13.8 Å². The van der Waals surface area contributed by atoms with Crippen LogP contribution in [-0.4, -0.2) is 29.5 Å². The molecule has 0 saturated heterocycles. The van der Waals surface area contributed by atoms with E-state index >= 15 is 0 Å². The smallest absolute Gasteiger partial charge is 0.207 e. The number of nitrogens with zero attached hydrogens (tertiary/aromatic N) is 3. The van der Waals surface area contributed by atoms with Gasteiger partial charge in [-0.1, -0.05) is 31.5 Å². The van der Waals surface area contributed by atoms with E-state index < -0.39 is 10.0 Å². The largest absolute Gasteiger partial charge is 0.240 e. The van der Waals surface area contributed by atoms with E-state index in [1.54, 1.807) is 24.5 Å². The Morgan fingerprint density at radius 3 is 2.52 bits per heavy atom. The van der Waals surface area contributed by atoms with E-state index in [4.69, 9.17) is 11.6 Å². The SMILES string of the molecule is CC(C)C(Cn1nccn1)NS(=O)(=O)c1cccc(Cl)c1. The second-order valence-corrected chi connectivity index (χ2v) is 7.16. The molecule has 2 rings (SSSR count). The molecular formula is C13H17ClN4O2S. The summed E-state index contributed by atoms with van der Waals surface area (Å²) in [5.41, 5.74) is 0. The summed E-state index contributed by atoms with van der Waals surface area (Å²) in [5, 5.41) is 8.39. The van der Waals surface area contributed by atoms with E-state index in [0.29, 0.717) is 11.6 Å². The Morgan fingerprint density at radius 2 is 1.95 bits per heavy atom. The highest BCUT2D eigenvalue weighted by atomic mass is 35.5. The second-order valence-electron chi connectivity index (χ2n) is 5.01. The van der Waals surface area contributed by atoms with Crippen LogP contribution in [0, 0.1) is 5.92 Å². The number of rotatable bonds is 6. The molecule has 6 nitrogen and oxygen atoms in total. The average Bonchev–Trinajstić information content (AvgIpc) is 2.90. The van der Waals surface area contributed by atoms with Crippen LogP contribution in [0.25, 0.3) is 0 Å². The number of halogens is 1. The van der Waals surface area contributed by atoms with Crippen molar-refractivity contribution in [1.29, 1.82) is 0 Å². The molecule has 0 aliphatic heterocycles. The highest BCUT2D eigenvalue weighted by Gasteiger charge is 2.23. The molecular weight excluding hydrogens is 312 g/mol. The molecule has 21 heavy (non-hydrogen) atoms. The van der Waals surface area contributed by atoms with Crippen molar-refractivity contribution in [2.24, 2.45) is 5.92 Å². The van der Waals surface area contributed by atoms with Gasteiger partial charge in [-0.2, -0.15) is 15.0 Å². The predicted molar refractivity (Wildman–Crippen MR) is 80.4 cm³/mol. The van der Waals surface area contributed by atoms with Crippen molar-refractivity contribution in [1.82, 2.24) is 19.7 Å². The lowest BCUT2D eigenvalue weighted by atomic mass is 10.1. The highest BCUT2D eigenvalue weighted by Crippen LogP contribution is 2.17. The molecule has 0 amide bonds. The van der Waals surface area contributed by atoms with Crippen molar-refractivity contribution in [3.05, 3.63) is 41.7 Å². The summed E-state index contributed by atoms with van der Waals surface area (Å²) in [5.74, 6) is 0.0879. The molecule has 1 N–H and O–H groups in total. The molecule has 2 aromatic rings. The van der Waals surface area contributed by atoms with Crippen LogP contribution in [0.2, 0.25) is 5.02 Å². The standard InChI is InChI=1S/C13H17ClN4O2S/c1-10(2)13(9-18-15-6-7-16-18)17-21(19,20)12-5-3-4-11(14)8-12/h3-8,10,13,17H,9H2,1-2H3. The van der Waals surface area contributed by atoms with Crippen molar-refractivity contribution in [2.75, 3.05) is 0 Å². The Bertz CT molecular complexity index is 686. The van der Waals surface area contributed by atoms with Gasteiger partial charge in [0.1, 0.15) is 0 Å². The lowest BCUT2D eigenvalue weighted by Gasteiger charge is -2.21. The molecule has 1 aromatic heterocycles. The number of hydrogen-bond acceptors (Lipinski definition) is 4. The summed E-state index contributed by atoms with van der Waals surface area (Å²) >= 11 is 5.85. The Kier molecular flexibility index (Phi) is 4.97. The summed E-state index contributed by atoms with van der Waals surface area (Å²) < 4.78 is 27.5. The van der Waals surface area contributed by atoms with Gasteiger partial charge in [0.25, 0.3) is 0 Å². The summed E-state index contributed by atoms with van der Waals surface area (Å²) in [6, 6.07) is 5.86. The first kappa shape index (κ1) is 15.9. The van der Waals surface area contributed by atoms with Crippen LogP contribution in [0.1, 0.15) is 13.8 Å².